The number of aliphatic hydroxyl groups excluding tert-OH is 1. The van der Waals surface area contributed by atoms with Gasteiger partial charge in [0.25, 0.3) is 0 Å². The Morgan fingerprint density at radius 1 is 1.22 bits per heavy atom. The Kier molecular flexibility index (Phi) is 6.25. The SMILES string of the molecule is COC1(/C=C\CC(O)CCC2(C)COC(C)(C)O2)CCCCO1. The van der Waals surface area contributed by atoms with Gasteiger partial charge >= 0.3 is 0 Å². The van der Waals surface area contributed by atoms with Gasteiger partial charge in [0.1, 0.15) is 0 Å². The quantitative estimate of drug-likeness (QED) is 0.728. The lowest BCUT2D eigenvalue weighted by Crippen LogP contribution is -2.36. The summed E-state index contributed by atoms with van der Waals surface area (Å²) < 4.78 is 22.8. The van der Waals surface area contributed by atoms with Crippen molar-refractivity contribution in [2.45, 2.75) is 82.6 Å². The summed E-state index contributed by atoms with van der Waals surface area (Å²) in [5.74, 6) is -1.13. The third-order valence-electron chi connectivity index (χ3n) is 4.62. The lowest BCUT2D eigenvalue weighted by Gasteiger charge is -2.33. The number of methoxy groups -OCH3 is 1. The maximum absolute atomic E-state index is 10.2. The average molecular weight is 328 g/mol. The van der Waals surface area contributed by atoms with Crippen LogP contribution >= 0.6 is 0 Å². The summed E-state index contributed by atoms with van der Waals surface area (Å²) in [6.07, 6.45) is 8.63. The summed E-state index contributed by atoms with van der Waals surface area (Å²) in [7, 11) is 1.67. The van der Waals surface area contributed by atoms with Gasteiger partial charge in [-0.1, -0.05) is 6.08 Å². The molecule has 23 heavy (non-hydrogen) atoms. The molecule has 0 aromatic carbocycles. The van der Waals surface area contributed by atoms with Crippen LogP contribution in [0.2, 0.25) is 0 Å². The van der Waals surface area contributed by atoms with E-state index in [0.717, 1.165) is 32.3 Å². The number of hydrogen-bond acceptors (Lipinski definition) is 5. The van der Waals surface area contributed by atoms with Crippen LogP contribution in [0.4, 0.5) is 0 Å². The van der Waals surface area contributed by atoms with Gasteiger partial charge in [-0.25, -0.2) is 0 Å². The maximum atomic E-state index is 10.2. The van der Waals surface area contributed by atoms with E-state index in [1.54, 1.807) is 7.11 Å². The van der Waals surface area contributed by atoms with E-state index in [2.05, 4.69) is 0 Å². The topological polar surface area (TPSA) is 57.2 Å². The minimum atomic E-state index is -0.601. The molecular formula is C18H32O5. The molecule has 0 bridgehead atoms. The molecular weight excluding hydrogens is 296 g/mol. The molecule has 0 radical (unpaired) electrons. The molecule has 0 spiro atoms. The standard InChI is InChI=1S/C18H32O5/c1-16(2)22-14-17(3,23-16)12-9-15(19)8-7-11-18(20-4)10-5-6-13-21-18/h7,11,15,19H,5-6,8-10,12-14H2,1-4H3/b11-7-. The Morgan fingerprint density at radius 3 is 2.57 bits per heavy atom. The summed E-state index contributed by atoms with van der Waals surface area (Å²) >= 11 is 0. The van der Waals surface area contributed by atoms with E-state index in [4.69, 9.17) is 18.9 Å². The third-order valence-corrected chi connectivity index (χ3v) is 4.62. The van der Waals surface area contributed by atoms with Crippen LogP contribution in [0.3, 0.4) is 0 Å². The van der Waals surface area contributed by atoms with Crippen molar-refractivity contribution < 1.29 is 24.1 Å². The van der Waals surface area contributed by atoms with Gasteiger partial charge in [0.2, 0.25) is 0 Å². The van der Waals surface area contributed by atoms with E-state index in [0.29, 0.717) is 19.4 Å². The molecule has 5 nitrogen and oxygen atoms in total. The van der Waals surface area contributed by atoms with E-state index in [9.17, 15) is 5.11 Å². The first kappa shape index (κ1) is 18.9. The van der Waals surface area contributed by atoms with Gasteiger partial charge in [-0.2, -0.15) is 0 Å². The zero-order valence-corrected chi connectivity index (χ0v) is 15.0. The van der Waals surface area contributed by atoms with Crippen molar-refractivity contribution in [1.29, 1.82) is 0 Å². The lowest BCUT2D eigenvalue weighted by molar-refractivity contribution is -0.208. The normalized spacial score (nSPS) is 35.7. The molecule has 134 valence electrons. The molecule has 2 aliphatic rings. The number of aliphatic hydroxyl groups is 1. The van der Waals surface area contributed by atoms with Gasteiger partial charge in [-0.05, 0) is 59.0 Å². The smallest absolute Gasteiger partial charge is 0.187 e. The Hall–Kier alpha value is -0.460. The monoisotopic (exact) mass is 328 g/mol. The second-order valence-corrected chi connectivity index (χ2v) is 7.39. The van der Waals surface area contributed by atoms with Gasteiger partial charge in [-0.3, -0.25) is 0 Å². The van der Waals surface area contributed by atoms with Gasteiger partial charge < -0.3 is 24.1 Å². The lowest BCUT2D eigenvalue weighted by atomic mass is 9.97. The fourth-order valence-corrected chi connectivity index (χ4v) is 3.25. The van der Waals surface area contributed by atoms with Gasteiger partial charge in [0, 0.05) is 13.5 Å². The number of ether oxygens (including phenoxy) is 4. The van der Waals surface area contributed by atoms with Crippen molar-refractivity contribution in [3.63, 3.8) is 0 Å². The average Bonchev–Trinajstić information content (AvgIpc) is 2.80. The highest BCUT2D eigenvalue weighted by atomic mass is 16.8. The van der Waals surface area contributed by atoms with Crippen molar-refractivity contribution in [2.24, 2.45) is 0 Å². The van der Waals surface area contributed by atoms with Crippen LogP contribution in [0.5, 0.6) is 0 Å². The highest BCUT2D eigenvalue weighted by molar-refractivity contribution is 4.98. The molecule has 2 aliphatic heterocycles. The molecule has 2 heterocycles. The van der Waals surface area contributed by atoms with Crippen LogP contribution in [0.25, 0.3) is 0 Å². The van der Waals surface area contributed by atoms with Gasteiger partial charge in [0.15, 0.2) is 11.6 Å². The first-order chi connectivity index (χ1) is 10.8. The fraction of sp³-hybridized carbons (Fsp3) is 0.889. The third kappa shape index (κ3) is 5.54. The van der Waals surface area contributed by atoms with Crippen molar-refractivity contribution in [2.75, 3.05) is 20.3 Å². The predicted molar refractivity (Wildman–Crippen MR) is 88.1 cm³/mol. The Labute approximate surface area is 139 Å². The summed E-state index contributed by atoms with van der Waals surface area (Å²) in [5.41, 5.74) is -0.311. The van der Waals surface area contributed by atoms with Crippen LogP contribution in [-0.4, -0.2) is 48.7 Å². The Bertz CT molecular complexity index is 400. The van der Waals surface area contributed by atoms with E-state index in [-0.39, 0.29) is 5.60 Å². The van der Waals surface area contributed by atoms with Crippen LogP contribution in [0.15, 0.2) is 12.2 Å². The summed E-state index contributed by atoms with van der Waals surface area (Å²) in [5, 5.41) is 10.2. The molecule has 3 atom stereocenters. The van der Waals surface area contributed by atoms with Crippen molar-refractivity contribution >= 4 is 0 Å². The molecule has 0 saturated carbocycles. The molecule has 1 N–H and O–H groups in total. The van der Waals surface area contributed by atoms with E-state index < -0.39 is 17.7 Å². The molecule has 0 aliphatic carbocycles. The first-order valence-electron chi connectivity index (χ1n) is 8.67. The maximum Gasteiger partial charge on any atom is 0.187 e. The predicted octanol–water partition coefficient (Wildman–Crippen LogP) is 3.16. The second-order valence-electron chi connectivity index (χ2n) is 7.39. The molecule has 3 unspecified atom stereocenters. The van der Waals surface area contributed by atoms with Crippen LogP contribution < -0.4 is 0 Å². The minimum absolute atomic E-state index is 0.311. The highest BCUT2D eigenvalue weighted by Gasteiger charge is 2.41. The molecule has 0 aromatic rings. The Morgan fingerprint density at radius 2 is 2.00 bits per heavy atom. The molecule has 0 amide bonds. The van der Waals surface area contributed by atoms with Gasteiger partial charge in [0.05, 0.1) is 24.9 Å². The van der Waals surface area contributed by atoms with Crippen LogP contribution in [0, 0.1) is 0 Å². The second kappa shape index (κ2) is 7.62. The van der Waals surface area contributed by atoms with Crippen molar-refractivity contribution in [3.05, 3.63) is 12.2 Å². The summed E-state index contributed by atoms with van der Waals surface area (Å²) in [4.78, 5) is 0. The fourth-order valence-electron chi connectivity index (χ4n) is 3.25. The Balaban J connectivity index is 1.74. The van der Waals surface area contributed by atoms with E-state index in [1.165, 1.54) is 0 Å². The van der Waals surface area contributed by atoms with Gasteiger partial charge in [-0.15, -0.1) is 0 Å². The van der Waals surface area contributed by atoms with Crippen LogP contribution in [-0.2, 0) is 18.9 Å². The van der Waals surface area contributed by atoms with Crippen LogP contribution in [0.1, 0.15) is 59.3 Å². The molecule has 2 fully saturated rings. The minimum Gasteiger partial charge on any atom is -0.393 e. The number of rotatable bonds is 7. The first-order valence-corrected chi connectivity index (χ1v) is 8.67. The van der Waals surface area contributed by atoms with Crippen molar-refractivity contribution in [3.8, 4) is 0 Å². The van der Waals surface area contributed by atoms with Crippen molar-refractivity contribution in [1.82, 2.24) is 0 Å². The molecule has 2 rings (SSSR count). The molecule has 5 heteroatoms. The zero-order valence-electron chi connectivity index (χ0n) is 15.0. The van der Waals surface area contributed by atoms with E-state index >= 15 is 0 Å². The largest absolute Gasteiger partial charge is 0.393 e. The number of hydrogen-bond donors (Lipinski definition) is 1. The molecule has 2 saturated heterocycles. The van der Waals surface area contributed by atoms with E-state index in [1.807, 2.05) is 32.9 Å². The summed E-state index contributed by atoms with van der Waals surface area (Å²) in [6.45, 7) is 7.19. The highest BCUT2D eigenvalue weighted by Crippen LogP contribution is 2.34. The molecule has 0 aromatic heterocycles. The summed E-state index contributed by atoms with van der Waals surface area (Å²) in [6, 6.07) is 0. The zero-order chi connectivity index (χ0) is 17.0.